The number of rotatable bonds is 0. The Bertz CT molecular complexity index is 178. The number of nitrogens with one attached hydrogen (secondary N) is 1. The fraction of sp³-hybridized carbons (Fsp3) is 0.167. The monoisotopic (exact) mass is 155 g/mol. The molecule has 11 heavy (non-hydrogen) atoms. The molecule has 0 amide bonds. The molecule has 0 radical (unpaired) electrons. The lowest BCUT2D eigenvalue weighted by molar-refractivity contribution is -0.134. The predicted octanol–water partition coefficient (Wildman–Crippen LogP) is 0.208. The molecule has 1 aliphatic heterocycles. The second kappa shape index (κ2) is 6.47. The fourth-order valence-electron chi connectivity index (χ4n) is 0.284. The molecule has 0 saturated carbocycles. The Morgan fingerprint density at radius 1 is 1.64 bits per heavy atom. The van der Waals surface area contributed by atoms with E-state index in [1.807, 2.05) is 0 Å². The second-order valence-electron chi connectivity index (χ2n) is 1.55. The van der Waals surface area contributed by atoms with Crippen LogP contribution in [0.5, 0.6) is 0 Å². The number of carbonyl (C=O) groups is 1. The van der Waals surface area contributed by atoms with Gasteiger partial charge in [-0.2, -0.15) is 5.10 Å². The highest BCUT2D eigenvalue weighted by Crippen LogP contribution is 1.69. The van der Waals surface area contributed by atoms with Gasteiger partial charge < -0.3 is 5.11 Å². The third-order valence-electron chi connectivity index (χ3n) is 0.542. The van der Waals surface area contributed by atoms with Gasteiger partial charge in [0.25, 0.3) is 5.97 Å². The Balaban J connectivity index is 0.000000218. The summed E-state index contributed by atoms with van der Waals surface area (Å²) in [6.07, 6.45) is 6.57. The van der Waals surface area contributed by atoms with E-state index in [0.29, 0.717) is 0 Å². The number of aliphatic imine (C=N–C) groups is 1. The maximum Gasteiger partial charge on any atom is 0.300 e. The molecule has 0 unspecified atom stereocenters. The lowest BCUT2D eigenvalue weighted by Crippen LogP contribution is -1.89. The SMILES string of the molecule is C1=CNN=CN=C1.CC(=O)O. The van der Waals surface area contributed by atoms with Crippen molar-refractivity contribution in [1.82, 2.24) is 5.43 Å². The molecule has 1 aliphatic rings. The molecule has 0 bridgehead atoms. The van der Waals surface area contributed by atoms with Crippen LogP contribution in [0.15, 0.2) is 22.4 Å². The zero-order chi connectivity index (χ0) is 8.53. The summed E-state index contributed by atoms with van der Waals surface area (Å²) in [6.45, 7) is 1.08. The van der Waals surface area contributed by atoms with Crippen LogP contribution < -0.4 is 5.43 Å². The molecule has 0 spiro atoms. The maximum atomic E-state index is 9.00. The molecule has 0 fully saturated rings. The Morgan fingerprint density at radius 3 is 2.91 bits per heavy atom. The van der Waals surface area contributed by atoms with Crippen molar-refractivity contribution in [3.8, 4) is 0 Å². The van der Waals surface area contributed by atoms with Crippen molar-refractivity contribution in [3.05, 3.63) is 12.3 Å². The third kappa shape index (κ3) is 11.8. The van der Waals surface area contributed by atoms with Gasteiger partial charge in [0.15, 0.2) is 0 Å². The van der Waals surface area contributed by atoms with Gasteiger partial charge in [0.1, 0.15) is 6.34 Å². The van der Waals surface area contributed by atoms with Crippen molar-refractivity contribution in [2.45, 2.75) is 6.92 Å². The molecule has 0 aromatic carbocycles. The van der Waals surface area contributed by atoms with Gasteiger partial charge in [-0.1, -0.05) is 0 Å². The number of hydrazone groups is 1. The highest BCUT2D eigenvalue weighted by molar-refractivity contribution is 5.80. The predicted molar refractivity (Wildman–Crippen MR) is 42.6 cm³/mol. The standard InChI is InChI=1S/C4H5N3.C2H4O2/c1-2-5-4-7-6-3-1;1-2(3)4/h1-4,6H;1H3,(H,3,4). The van der Waals surface area contributed by atoms with Crippen LogP contribution in [0.1, 0.15) is 6.92 Å². The van der Waals surface area contributed by atoms with Gasteiger partial charge in [-0.15, -0.1) is 0 Å². The molecule has 0 aromatic rings. The molecular formula is C6H9N3O2. The van der Waals surface area contributed by atoms with E-state index in [1.165, 1.54) is 6.34 Å². The normalized spacial score (nSPS) is 12.5. The van der Waals surface area contributed by atoms with Crippen molar-refractivity contribution in [3.63, 3.8) is 0 Å². The summed E-state index contributed by atoms with van der Waals surface area (Å²) >= 11 is 0. The zero-order valence-electron chi connectivity index (χ0n) is 6.06. The smallest absolute Gasteiger partial charge is 0.300 e. The number of hydrogen-bond acceptors (Lipinski definition) is 4. The minimum absolute atomic E-state index is 0.833. The van der Waals surface area contributed by atoms with Gasteiger partial charge in [-0.05, 0) is 6.08 Å². The quantitative estimate of drug-likeness (QED) is 0.525. The van der Waals surface area contributed by atoms with E-state index in [0.717, 1.165) is 6.92 Å². The van der Waals surface area contributed by atoms with Crippen LogP contribution in [0.4, 0.5) is 0 Å². The molecular weight excluding hydrogens is 146 g/mol. The topological polar surface area (TPSA) is 74.0 Å². The van der Waals surface area contributed by atoms with Gasteiger partial charge >= 0.3 is 0 Å². The van der Waals surface area contributed by atoms with Gasteiger partial charge in [-0.25, -0.2) is 4.99 Å². The van der Waals surface area contributed by atoms with Crippen molar-refractivity contribution in [2.75, 3.05) is 0 Å². The first-order valence-corrected chi connectivity index (χ1v) is 2.88. The van der Waals surface area contributed by atoms with E-state index in [9.17, 15) is 0 Å². The van der Waals surface area contributed by atoms with Crippen LogP contribution in [0, 0.1) is 0 Å². The molecule has 0 atom stereocenters. The molecule has 0 aliphatic carbocycles. The summed E-state index contributed by atoms with van der Waals surface area (Å²) in [6, 6.07) is 0. The molecule has 5 heteroatoms. The van der Waals surface area contributed by atoms with E-state index in [-0.39, 0.29) is 0 Å². The summed E-state index contributed by atoms with van der Waals surface area (Å²) in [7, 11) is 0. The minimum atomic E-state index is -0.833. The lowest BCUT2D eigenvalue weighted by Gasteiger charge is -1.77. The van der Waals surface area contributed by atoms with Crippen LogP contribution in [-0.2, 0) is 4.79 Å². The van der Waals surface area contributed by atoms with E-state index in [2.05, 4.69) is 15.5 Å². The first kappa shape index (κ1) is 9.35. The lowest BCUT2D eigenvalue weighted by atomic mass is 10.7. The van der Waals surface area contributed by atoms with E-state index >= 15 is 0 Å². The maximum absolute atomic E-state index is 9.00. The number of hydrogen-bond donors (Lipinski definition) is 2. The Hall–Kier alpha value is -1.65. The average Bonchev–Trinajstić information content (AvgIpc) is 2.13. The van der Waals surface area contributed by atoms with E-state index in [1.54, 1.807) is 18.5 Å². The fourth-order valence-corrected chi connectivity index (χ4v) is 0.284. The van der Waals surface area contributed by atoms with Gasteiger partial charge in [-0.3, -0.25) is 10.2 Å². The first-order valence-electron chi connectivity index (χ1n) is 2.88. The number of carboxylic acid groups (broad SMARTS) is 1. The number of allylic oxidation sites excluding steroid dienone is 1. The van der Waals surface area contributed by atoms with Crippen LogP contribution in [0.3, 0.4) is 0 Å². The van der Waals surface area contributed by atoms with Crippen LogP contribution in [-0.4, -0.2) is 23.6 Å². The average molecular weight is 155 g/mol. The molecule has 2 N–H and O–H groups in total. The largest absolute Gasteiger partial charge is 0.481 e. The first-order chi connectivity index (χ1) is 5.23. The minimum Gasteiger partial charge on any atom is -0.481 e. The summed E-state index contributed by atoms with van der Waals surface area (Å²) in [5.74, 6) is -0.833. The van der Waals surface area contributed by atoms with Gasteiger partial charge in [0, 0.05) is 19.3 Å². The molecule has 5 nitrogen and oxygen atoms in total. The van der Waals surface area contributed by atoms with E-state index in [4.69, 9.17) is 9.90 Å². The zero-order valence-corrected chi connectivity index (χ0v) is 6.06. The van der Waals surface area contributed by atoms with Gasteiger partial charge in [0.2, 0.25) is 0 Å². The molecule has 1 heterocycles. The summed E-state index contributed by atoms with van der Waals surface area (Å²) < 4.78 is 0. The van der Waals surface area contributed by atoms with Crippen molar-refractivity contribution >= 4 is 18.5 Å². The Morgan fingerprint density at radius 2 is 2.27 bits per heavy atom. The highest BCUT2D eigenvalue weighted by atomic mass is 16.4. The summed E-state index contributed by atoms with van der Waals surface area (Å²) in [5, 5.41) is 11.0. The summed E-state index contributed by atoms with van der Waals surface area (Å²) in [5.41, 5.74) is 2.61. The Kier molecular flexibility index (Phi) is 5.50. The highest BCUT2D eigenvalue weighted by Gasteiger charge is 1.68. The summed E-state index contributed by atoms with van der Waals surface area (Å²) in [4.78, 5) is 12.7. The molecule has 0 saturated heterocycles. The molecule has 0 aromatic heterocycles. The second-order valence-corrected chi connectivity index (χ2v) is 1.55. The number of aliphatic carboxylic acids is 1. The molecule has 60 valence electrons. The van der Waals surface area contributed by atoms with Crippen LogP contribution in [0.25, 0.3) is 0 Å². The van der Waals surface area contributed by atoms with Gasteiger partial charge in [0.05, 0.1) is 0 Å². The number of nitrogens with zero attached hydrogens (tertiary/aromatic N) is 2. The molecule has 1 rings (SSSR count). The van der Waals surface area contributed by atoms with Crippen LogP contribution >= 0.6 is 0 Å². The van der Waals surface area contributed by atoms with E-state index < -0.39 is 5.97 Å². The van der Waals surface area contributed by atoms with Crippen LogP contribution in [0.2, 0.25) is 0 Å². The van der Waals surface area contributed by atoms with Crippen molar-refractivity contribution in [2.24, 2.45) is 10.1 Å². The Labute approximate surface area is 64.1 Å². The van der Waals surface area contributed by atoms with Crippen molar-refractivity contribution in [1.29, 1.82) is 0 Å². The number of carboxylic acids is 1. The third-order valence-corrected chi connectivity index (χ3v) is 0.542. The van der Waals surface area contributed by atoms with Crippen molar-refractivity contribution < 1.29 is 9.90 Å².